The van der Waals surface area contributed by atoms with Crippen LogP contribution < -0.4 is 35.9 Å². The van der Waals surface area contributed by atoms with E-state index in [9.17, 15) is 4.79 Å². The maximum absolute atomic E-state index is 12.6. The van der Waals surface area contributed by atoms with Crippen molar-refractivity contribution in [3.05, 3.63) is 81.9 Å². The van der Waals surface area contributed by atoms with Crippen LogP contribution in [0.3, 0.4) is 0 Å². The van der Waals surface area contributed by atoms with Gasteiger partial charge in [-0.2, -0.15) is 0 Å². The van der Waals surface area contributed by atoms with Crippen molar-refractivity contribution in [2.24, 2.45) is 0 Å². The fraction of sp³-hybridized carbons (Fsp3) is 0.345. The highest BCUT2D eigenvalue weighted by molar-refractivity contribution is 5.90. The lowest BCUT2D eigenvalue weighted by Gasteiger charge is -2.51. The molecule has 194 valence electrons. The quantitative estimate of drug-likeness (QED) is 0.345. The highest BCUT2D eigenvalue weighted by atomic mass is 79.9. The van der Waals surface area contributed by atoms with Gasteiger partial charge >= 0.3 is 5.97 Å². The second-order valence-electron chi connectivity index (χ2n) is 9.72. The van der Waals surface area contributed by atoms with Gasteiger partial charge < -0.3 is 45.1 Å². The van der Waals surface area contributed by atoms with E-state index in [-0.39, 0.29) is 35.8 Å². The van der Waals surface area contributed by atoms with E-state index < -0.39 is 0 Å². The molecule has 6 rings (SSSR count). The molecule has 0 fully saturated rings. The SMILES string of the molecule is COC(=O)c1ccccc1C[N+]12CCc3cc4c(cc3C1Cc1ccc(OC)c(OC)c1C2)OCO4.[Br-]. The van der Waals surface area contributed by atoms with Crippen molar-refractivity contribution in [2.75, 3.05) is 34.7 Å². The Bertz CT molecular complexity index is 1360. The number of fused-ring (bicyclic) bond motifs is 5. The van der Waals surface area contributed by atoms with Gasteiger partial charge in [-0.15, -0.1) is 0 Å². The predicted molar refractivity (Wildman–Crippen MR) is 133 cm³/mol. The number of quaternary nitrogens is 1. The van der Waals surface area contributed by atoms with Gasteiger partial charge in [0.15, 0.2) is 23.0 Å². The molecule has 0 bridgehead atoms. The molecule has 3 aliphatic rings. The zero-order valence-corrected chi connectivity index (χ0v) is 22.8. The first-order valence-corrected chi connectivity index (χ1v) is 12.2. The third-order valence-electron chi connectivity index (χ3n) is 8.02. The Morgan fingerprint density at radius 2 is 1.78 bits per heavy atom. The Morgan fingerprint density at radius 3 is 2.54 bits per heavy atom. The third-order valence-corrected chi connectivity index (χ3v) is 8.02. The molecule has 0 saturated carbocycles. The van der Waals surface area contributed by atoms with E-state index in [4.69, 9.17) is 23.7 Å². The first-order chi connectivity index (χ1) is 17.6. The summed E-state index contributed by atoms with van der Waals surface area (Å²) in [5.74, 6) is 2.86. The molecule has 0 radical (unpaired) electrons. The summed E-state index contributed by atoms with van der Waals surface area (Å²) in [5, 5.41) is 0. The van der Waals surface area contributed by atoms with E-state index in [1.165, 1.54) is 29.4 Å². The lowest BCUT2D eigenvalue weighted by Crippen LogP contribution is -3.00. The zero-order valence-electron chi connectivity index (χ0n) is 21.2. The number of benzene rings is 3. The second-order valence-corrected chi connectivity index (χ2v) is 9.72. The molecular weight excluding hydrogens is 538 g/mol. The first kappa shape index (κ1) is 25.4. The van der Waals surface area contributed by atoms with Crippen LogP contribution in [0.5, 0.6) is 23.0 Å². The van der Waals surface area contributed by atoms with Crippen molar-refractivity contribution in [3.63, 3.8) is 0 Å². The third kappa shape index (κ3) is 4.12. The van der Waals surface area contributed by atoms with Crippen LogP contribution >= 0.6 is 0 Å². The van der Waals surface area contributed by atoms with Gasteiger partial charge in [0.2, 0.25) is 6.79 Å². The minimum absolute atomic E-state index is 0. The molecule has 3 aliphatic heterocycles. The van der Waals surface area contributed by atoms with Crippen molar-refractivity contribution < 1.29 is 49.9 Å². The summed E-state index contributed by atoms with van der Waals surface area (Å²) >= 11 is 0. The molecular formula is C29H30BrNO6. The van der Waals surface area contributed by atoms with E-state index in [1.54, 1.807) is 14.2 Å². The smallest absolute Gasteiger partial charge is 0.338 e. The molecule has 0 spiro atoms. The second kappa shape index (κ2) is 9.91. The lowest BCUT2D eigenvalue weighted by molar-refractivity contribution is -0.985. The fourth-order valence-electron chi connectivity index (χ4n) is 6.28. The minimum atomic E-state index is -0.308. The average molecular weight is 568 g/mol. The number of esters is 1. The van der Waals surface area contributed by atoms with Crippen LogP contribution in [-0.2, 0) is 30.7 Å². The topological polar surface area (TPSA) is 63.2 Å². The van der Waals surface area contributed by atoms with Gasteiger partial charge in [0.05, 0.1) is 39.0 Å². The van der Waals surface area contributed by atoms with Crippen LogP contribution in [-0.4, -0.2) is 45.1 Å². The molecule has 3 aromatic carbocycles. The van der Waals surface area contributed by atoms with E-state index in [2.05, 4.69) is 18.2 Å². The molecule has 0 aliphatic carbocycles. The van der Waals surface area contributed by atoms with Crippen molar-refractivity contribution in [2.45, 2.75) is 32.0 Å². The van der Waals surface area contributed by atoms with Crippen LogP contribution in [0.1, 0.15) is 44.2 Å². The Balaban J connectivity index is 0.00000280. The van der Waals surface area contributed by atoms with E-state index in [0.717, 1.165) is 59.0 Å². The summed E-state index contributed by atoms with van der Waals surface area (Å²) in [6, 6.07) is 16.5. The Hall–Kier alpha value is -3.23. The van der Waals surface area contributed by atoms with Crippen LogP contribution in [0, 0.1) is 0 Å². The summed E-state index contributed by atoms with van der Waals surface area (Å²) in [6.07, 6.45) is 1.76. The zero-order chi connectivity index (χ0) is 24.9. The standard InChI is InChI=1S/C29H30NO6.BrH/c1-32-25-9-8-18-12-24-22-14-27-26(35-17-36-27)13-19(22)10-11-30(24,16-23(18)28(25)33-2)15-20-6-4-5-7-21(20)29(31)34-3;/h4-9,13-14,24H,10-12,15-17H2,1-3H3;1H/q+1;/p-1. The van der Waals surface area contributed by atoms with Crippen molar-refractivity contribution in [1.29, 1.82) is 0 Å². The molecule has 3 heterocycles. The number of hydrogen-bond acceptors (Lipinski definition) is 6. The van der Waals surface area contributed by atoms with Gasteiger partial charge in [-0.3, -0.25) is 0 Å². The number of hydrogen-bond donors (Lipinski definition) is 0. The molecule has 37 heavy (non-hydrogen) atoms. The monoisotopic (exact) mass is 567 g/mol. The summed E-state index contributed by atoms with van der Waals surface area (Å²) in [5.41, 5.74) is 6.64. The van der Waals surface area contributed by atoms with Crippen LogP contribution in [0.4, 0.5) is 0 Å². The van der Waals surface area contributed by atoms with Crippen LogP contribution in [0.2, 0.25) is 0 Å². The maximum atomic E-state index is 12.6. The van der Waals surface area contributed by atoms with E-state index >= 15 is 0 Å². The van der Waals surface area contributed by atoms with Gasteiger partial charge in [-0.05, 0) is 35.4 Å². The van der Waals surface area contributed by atoms with Crippen LogP contribution in [0.15, 0.2) is 48.5 Å². The molecule has 0 amide bonds. The van der Waals surface area contributed by atoms with Crippen molar-refractivity contribution in [3.8, 4) is 23.0 Å². The highest BCUT2D eigenvalue weighted by Crippen LogP contribution is 2.51. The summed E-state index contributed by atoms with van der Waals surface area (Å²) in [7, 11) is 4.81. The summed E-state index contributed by atoms with van der Waals surface area (Å²) in [6.45, 7) is 2.65. The maximum Gasteiger partial charge on any atom is 0.338 e. The number of nitrogens with zero attached hydrogens (tertiary/aromatic N) is 1. The summed E-state index contributed by atoms with van der Waals surface area (Å²) < 4.78 is 28.9. The number of rotatable bonds is 5. The fourth-order valence-corrected chi connectivity index (χ4v) is 6.28. The first-order valence-electron chi connectivity index (χ1n) is 12.2. The Kier molecular flexibility index (Phi) is 6.81. The Morgan fingerprint density at radius 1 is 1.00 bits per heavy atom. The average Bonchev–Trinajstić information content (AvgIpc) is 3.37. The highest BCUT2D eigenvalue weighted by Gasteiger charge is 2.48. The van der Waals surface area contributed by atoms with E-state index in [1.807, 2.05) is 30.3 Å². The molecule has 0 saturated heterocycles. The van der Waals surface area contributed by atoms with Crippen molar-refractivity contribution >= 4 is 5.97 Å². The molecule has 8 heteroatoms. The molecule has 7 nitrogen and oxygen atoms in total. The number of methoxy groups -OCH3 is 3. The van der Waals surface area contributed by atoms with Crippen molar-refractivity contribution in [1.82, 2.24) is 0 Å². The Labute approximate surface area is 227 Å². The molecule has 3 aromatic rings. The van der Waals surface area contributed by atoms with Gasteiger partial charge in [0, 0.05) is 24.0 Å². The van der Waals surface area contributed by atoms with E-state index in [0.29, 0.717) is 12.1 Å². The molecule has 0 N–H and O–H groups in total. The number of halogens is 1. The van der Waals surface area contributed by atoms with Crippen LogP contribution in [0.25, 0.3) is 0 Å². The largest absolute Gasteiger partial charge is 1.00 e. The van der Waals surface area contributed by atoms with Gasteiger partial charge in [-0.1, -0.05) is 24.3 Å². The minimum Gasteiger partial charge on any atom is -1.00 e. The molecule has 2 atom stereocenters. The normalized spacial score (nSPS) is 20.6. The van der Waals surface area contributed by atoms with Gasteiger partial charge in [0.25, 0.3) is 0 Å². The molecule has 0 aromatic heterocycles. The van der Waals surface area contributed by atoms with Gasteiger partial charge in [0.1, 0.15) is 19.1 Å². The number of carbonyl (C=O) groups is 1. The van der Waals surface area contributed by atoms with Gasteiger partial charge in [-0.25, -0.2) is 4.79 Å². The number of carbonyl (C=O) groups excluding carboxylic acids is 1. The summed E-state index contributed by atoms with van der Waals surface area (Å²) in [4.78, 5) is 12.6. The number of ether oxygens (including phenoxy) is 5. The lowest BCUT2D eigenvalue weighted by atomic mass is 9.80. The predicted octanol–water partition coefficient (Wildman–Crippen LogP) is 1.59. The molecule has 2 unspecified atom stereocenters.